The van der Waals surface area contributed by atoms with E-state index in [1.165, 1.54) is 10.4 Å². The summed E-state index contributed by atoms with van der Waals surface area (Å²) in [5, 5.41) is 12.2. The topological polar surface area (TPSA) is 86.7 Å². The molecule has 1 aromatic carbocycles. The van der Waals surface area contributed by atoms with Crippen molar-refractivity contribution in [2.75, 3.05) is 18.4 Å². The predicted molar refractivity (Wildman–Crippen MR) is 77.5 cm³/mol. The summed E-state index contributed by atoms with van der Waals surface area (Å²) in [5.41, 5.74) is 1.40. The molecule has 114 valence electrons. The fourth-order valence-electron chi connectivity index (χ4n) is 2.79. The van der Waals surface area contributed by atoms with Gasteiger partial charge in [-0.25, -0.2) is 8.42 Å². The zero-order valence-corrected chi connectivity index (χ0v) is 12.6. The van der Waals surface area contributed by atoms with Crippen LogP contribution in [0.4, 0.5) is 5.69 Å². The Balaban J connectivity index is 1.92. The number of aliphatic hydroxyl groups excluding tert-OH is 1. The van der Waals surface area contributed by atoms with E-state index in [0.29, 0.717) is 31.6 Å². The maximum Gasteiger partial charge on any atom is 0.243 e. The van der Waals surface area contributed by atoms with E-state index >= 15 is 0 Å². The lowest BCUT2D eigenvalue weighted by Gasteiger charge is -2.28. The molecule has 3 rings (SSSR count). The third kappa shape index (κ3) is 2.45. The van der Waals surface area contributed by atoms with Crippen LogP contribution in [0.3, 0.4) is 0 Å². The molecule has 0 aliphatic carbocycles. The number of sulfonamides is 1. The lowest BCUT2D eigenvalue weighted by Crippen LogP contribution is -2.40. The Kier molecular flexibility index (Phi) is 3.51. The fourth-order valence-corrected chi connectivity index (χ4v) is 4.29. The van der Waals surface area contributed by atoms with Gasteiger partial charge in [-0.15, -0.1) is 0 Å². The molecule has 7 heteroatoms. The Morgan fingerprint density at radius 1 is 1.29 bits per heavy atom. The predicted octanol–water partition coefficient (Wildman–Crippen LogP) is 0.888. The molecule has 0 aromatic heterocycles. The van der Waals surface area contributed by atoms with Crippen molar-refractivity contribution >= 4 is 21.6 Å². The molecule has 1 unspecified atom stereocenters. The zero-order chi connectivity index (χ0) is 15.2. The van der Waals surface area contributed by atoms with Crippen molar-refractivity contribution in [3.63, 3.8) is 0 Å². The van der Waals surface area contributed by atoms with Crippen LogP contribution in [-0.2, 0) is 14.8 Å². The van der Waals surface area contributed by atoms with E-state index in [-0.39, 0.29) is 16.7 Å². The molecule has 1 aromatic rings. The molecule has 0 radical (unpaired) electrons. The second-order valence-corrected chi connectivity index (χ2v) is 7.53. The average Bonchev–Trinajstić information content (AvgIpc) is 2.74. The first-order valence-corrected chi connectivity index (χ1v) is 8.46. The summed E-state index contributed by atoms with van der Waals surface area (Å²) in [6.07, 6.45) is 0.500. The number of fused-ring (bicyclic) bond motifs is 1. The van der Waals surface area contributed by atoms with Gasteiger partial charge in [0.25, 0.3) is 0 Å². The number of nitrogens with one attached hydrogen (secondary N) is 1. The Hall–Kier alpha value is -1.44. The van der Waals surface area contributed by atoms with Crippen LogP contribution in [0.1, 0.15) is 31.2 Å². The minimum Gasteiger partial charge on any atom is -0.393 e. The molecule has 21 heavy (non-hydrogen) atoms. The first kappa shape index (κ1) is 14.5. The quantitative estimate of drug-likeness (QED) is 0.849. The summed E-state index contributed by atoms with van der Waals surface area (Å²) >= 11 is 0. The summed E-state index contributed by atoms with van der Waals surface area (Å²) in [6.45, 7) is 2.41. The van der Waals surface area contributed by atoms with Crippen LogP contribution in [0.15, 0.2) is 23.1 Å². The van der Waals surface area contributed by atoms with Crippen LogP contribution in [0.25, 0.3) is 0 Å². The van der Waals surface area contributed by atoms with Gasteiger partial charge in [0.15, 0.2) is 0 Å². The van der Waals surface area contributed by atoms with E-state index in [2.05, 4.69) is 5.32 Å². The van der Waals surface area contributed by atoms with E-state index in [1.54, 1.807) is 19.1 Å². The Morgan fingerprint density at radius 2 is 1.95 bits per heavy atom. The van der Waals surface area contributed by atoms with Crippen molar-refractivity contribution in [3.8, 4) is 0 Å². The van der Waals surface area contributed by atoms with Crippen molar-refractivity contribution < 1.29 is 18.3 Å². The van der Waals surface area contributed by atoms with E-state index in [1.807, 2.05) is 0 Å². The number of hydrogen-bond donors (Lipinski definition) is 2. The number of amides is 1. The molecule has 1 saturated heterocycles. The Labute approximate surface area is 123 Å². The first-order chi connectivity index (χ1) is 9.89. The van der Waals surface area contributed by atoms with Gasteiger partial charge in [0.1, 0.15) is 0 Å². The lowest BCUT2D eigenvalue weighted by atomic mass is 10.0. The number of aliphatic hydroxyl groups is 1. The van der Waals surface area contributed by atoms with Gasteiger partial charge in [-0.05, 0) is 43.5 Å². The van der Waals surface area contributed by atoms with Crippen LogP contribution < -0.4 is 5.32 Å². The number of piperidine rings is 1. The number of hydrogen-bond acceptors (Lipinski definition) is 4. The van der Waals surface area contributed by atoms with Gasteiger partial charge in [0.2, 0.25) is 15.9 Å². The average molecular weight is 310 g/mol. The van der Waals surface area contributed by atoms with Gasteiger partial charge in [0.05, 0.1) is 16.9 Å². The second-order valence-electron chi connectivity index (χ2n) is 5.60. The Bertz CT molecular complexity index is 678. The van der Waals surface area contributed by atoms with Gasteiger partial charge in [-0.2, -0.15) is 4.31 Å². The number of carbonyl (C=O) groups excluding carboxylic acids is 1. The molecule has 1 atom stereocenters. The minimum atomic E-state index is -3.56. The highest BCUT2D eigenvalue weighted by Crippen LogP contribution is 2.34. The normalized spacial score (nSPS) is 23.9. The molecule has 1 amide bonds. The SMILES string of the molecule is CC1C(=O)Nc2ccc(S(=O)(=O)N3CCC(O)CC3)cc21. The maximum atomic E-state index is 12.6. The number of rotatable bonds is 2. The van der Waals surface area contributed by atoms with Gasteiger partial charge >= 0.3 is 0 Å². The van der Waals surface area contributed by atoms with Gasteiger partial charge in [0, 0.05) is 18.8 Å². The lowest BCUT2D eigenvalue weighted by molar-refractivity contribution is -0.116. The molecular formula is C14H18N2O4S. The van der Waals surface area contributed by atoms with Crippen LogP contribution in [0, 0.1) is 0 Å². The summed E-state index contributed by atoms with van der Waals surface area (Å²) in [6, 6.07) is 4.75. The monoisotopic (exact) mass is 310 g/mol. The molecule has 2 aliphatic heterocycles. The number of benzene rings is 1. The molecular weight excluding hydrogens is 292 g/mol. The van der Waals surface area contributed by atoms with Crippen LogP contribution >= 0.6 is 0 Å². The van der Waals surface area contributed by atoms with Gasteiger partial charge in [-0.3, -0.25) is 4.79 Å². The van der Waals surface area contributed by atoms with Crippen molar-refractivity contribution in [2.45, 2.75) is 36.7 Å². The molecule has 6 nitrogen and oxygen atoms in total. The van der Waals surface area contributed by atoms with E-state index < -0.39 is 16.1 Å². The summed E-state index contributed by atoms with van der Waals surface area (Å²) < 4.78 is 26.6. The summed E-state index contributed by atoms with van der Waals surface area (Å²) in [5.74, 6) is -0.445. The van der Waals surface area contributed by atoms with Crippen molar-refractivity contribution in [1.29, 1.82) is 0 Å². The smallest absolute Gasteiger partial charge is 0.243 e. The third-order valence-corrected chi connectivity index (χ3v) is 6.10. The molecule has 2 heterocycles. The van der Waals surface area contributed by atoms with Crippen molar-refractivity contribution in [1.82, 2.24) is 4.31 Å². The molecule has 2 aliphatic rings. The largest absolute Gasteiger partial charge is 0.393 e. The summed E-state index contributed by atoms with van der Waals surface area (Å²) in [4.78, 5) is 11.8. The molecule has 2 N–H and O–H groups in total. The van der Waals surface area contributed by atoms with E-state index in [0.717, 1.165) is 5.56 Å². The highest BCUT2D eigenvalue weighted by atomic mass is 32.2. The summed E-state index contributed by atoms with van der Waals surface area (Å²) in [7, 11) is -3.56. The Morgan fingerprint density at radius 3 is 2.62 bits per heavy atom. The first-order valence-electron chi connectivity index (χ1n) is 7.02. The molecule has 0 spiro atoms. The molecule has 0 bridgehead atoms. The van der Waals surface area contributed by atoms with Crippen molar-refractivity contribution in [3.05, 3.63) is 23.8 Å². The molecule has 1 fully saturated rings. The second kappa shape index (κ2) is 5.08. The number of carbonyl (C=O) groups is 1. The maximum absolute atomic E-state index is 12.6. The van der Waals surface area contributed by atoms with Gasteiger partial charge in [-0.1, -0.05) is 0 Å². The highest BCUT2D eigenvalue weighted by Gasteiger charge is 2.32. The van der Waals surface area contributed by atoms with Gasteiger partial charge < -0.3 is 10.4 Å². The van der Waals surface area contributed by atoms with E-state index in [9.17, 15) is 18.3 Å². The minimum absolute atomic E-state index is 0.111. The number of nitrogens with zero attached hydrogens (tertiary/aromatic N) is 1. The van der Waals surface area contributed by atoms with Crippen LogP contribution in [0.2, 0.25) is 0 Å². The third-order valence-electron chi connectivity index (χ3n) is 4.20. The fraction of sp³-hybridized carbons (Fsp3) is 0.500. The highest BCUT2D eigenvalue weighted by molar-refractivity contribution is 7.89. The zero-order valence-electron chi connectivity index (χ0n) is 11.7. The van der Waals surface area contributed by atoms with Crippen molar-refractivity contribution in [2.24, 2.45) is 0 Å². The standard InChI is InChI=1S/C14H18N2O4S/c1-9-12-8-11(2-3-13(12)15-14(9)18)21(19,20)16-6-4-10(17)5-7-16/h2-3,8-10,17H,4-7H2,1H3,(H,15,18). The van der Waals surface area contributed by atoms with Crippen LogP contribution in [0.5, 0.6) is 0 Å². The number of anilines is 1. The molecule has 0 saturated carbocycles. The van der Waals surface area contributed by atoms with Crippen LogP contribution in [-0.4, -0.2) is 42.9 Å². The van der Waals surface area contributed by atoms with E-state index in [4.69, 9.17) is 0 Å².